The summed E-state index contributed by atoms with van der Waals surface area (Å²) in [6, 6.07) is 11.5. The molecule has 7 heteroatoms. The Morgan fingerprint density at radius 2 is 1.83 bits per heavy atom. The highest BCUT2D eigenvalue weighted by Crippen LogP contribution is 2.36. The average molecular weight is 340 g/mol. The van der Waals surface area contributed by atoms with Crippen LogP contribution in [0, 0.1) is 6.92 Å². The van der Waals surface area contributed by atoms with Crippen molar-refractivity contribution in [1.29, 1.82) is 0 Å². The molecule has 0 fully saturated rings. The van der Waals surface area contributed by atoms with E-state index in [0.29, 0.717) is 5.56 Å². The zero-order chi connectivity index (χ0) is 17.0. The molecule has 0 aliphatic heterocycles. The van der Waals surface area contributed by atoms with Crippen molar-refractivity contribution in [3.05, 3.63) is 65.2 Å². The second kappa shape index (κ2) is 6.95. The third-order valence-corrected chi connectivity index (χ3v) is 4.24. The molecule has 2 aromatic carbocycles. The molecule has 0 bridgehead atoms. The van der Waals surface area contributed by atoms with E-state index in [9.17, 15) is 18.0 Å². The molecule has 0 radical (unpaired) electrons. The predicted octanol–water partition coefficient (Wildman–Crippen LogP) is 4.47. The summed E-state index contributed by atoms with van der Waals surface area (Å²) in [6.45, 7) is 1.93. The number of amides is 2. The monoisotopic (exact) mass is 340 g/mol. The third kappa shape index (κ3) is 4.92. The van der Waals surface area contributed by atoms with Crippen LogP contribution < -0.4 is 11.1 Å². The van der Waals surface area contributed by atoms with Crippen LogP contribution in [0.25, 0.3) is 0 Å². The zero-order valence-electron chi connectivity index (χ0n) is 12.2. The maximum absolute atomic E-state index is 12.8. The summed E-state index contributed by atoms with van der Waals surface area (Å²) < 4.78 is 38.5. The second-order valence-electron chi connectivity index (χ2n) is 4.94. The van der Waals surface area contributed by atoms with E-state index in [4.69, 9.17) is 5.73 Å². The van der Waals surface area contributed by atoms with Gasteiger partial charge in [-0.05, 0) is 36.8 Å². The standard InChI is InChI=1S/C16H15F3N2OS/c1-10-5-7-13(8-6-10)23-14(21-15(20)22)11-3-2-4-12(9-11)16(17,18)19/h2-9,14H,1H3,(H3,20,21,22). The second-order valence-corrected chi connectivity index (χ2v) is 6.12. The molecule has 2 amide bonds. The number of thioether (sulfide) groups is 1. The predicted molar refractivity (Wildman–Crippen MR) is 83.9 cm³/mol. The van der Waals surface area contributed by atoms with Crippen LogP contribution in [0.4, 0.5) is 18.0 Å². The van der Waals surface area contributed by atoms with E-state index in [0.717, 1.165) is 22.6 Å². The topological polar surface area (TPSA) is 55.1 Å². The van der Waals surface area contributed by atoms with E-state index < -0.39 is 23.1 Å². The minimum Gasteiger partial charge on any atom is -0.352 e. The van der Waals surface area contributed by atoms with Crippen LogP contribution in [0.15, 0.2) is 53.4 Å². The Morgan fingerprint density at radius 1 is 1.17 bits per heavy atom. The molecule has 3 N–H and O–H groups in total. The molecule has 0 spiro atoms. The Bertz CT molecular complexity index is 686. The fourth-order valence-corrected chi connectivity index (χ4v) is 2.96. The highest BCUT2D eigenvalue weighted by atomic mass is 32.2. The Balaban J connectivity index is 2.31. The minimum absolute atomic E-state index is 0.323. The normalized spacial score (nSPS) is 12.7. The average Bonchev–Trinajstić information content (AvgIpc) is 2.48. The first kappa shape index (κ1) is 17.2. The maximum atomic E-state index is 12.8. The summed E-state index contributed by atoms with van der Waals surface area (Å²) in [5.41, 5.74) is 5.77. The minimum atomic E-state index is -4.44. The number of aryl methyl sites for hydroxylation is 1. The number of rotatable bonds is 4. The maximum Gasteiger partial charge on any atom is 0.416 e. The number of nitrogens with one attached hydrogen (secondary N) is 1. The number of hydrogen-bond acceptors (Lipinski definition) is 2. The number of nitrogens with two attached hydrogens (primary N) is 1. The lowest BCUT2D eigenvalue weighted by molar-refractivity contribution is -0.137. The number of primary amides is 1. The fourth-order valence-electron chi connectivity index (χ4n) is 1.94. The first-order chi connectivity index (χ1) is 10.8. The van der Waals surface area contributed by atoms with Crippen molar-refractivity contribution in [2.75, 3.05) is 0 Å². The summed E-state index contributed by atoms with van der Waals surface area (Å²) >= 11 is 1.22. The van der Waals surface area contributed by atoms with Gasteiger partial charge in [0.25, 0.3) is 0 Å². The number of benzene rings is 2. The summed E-state index contributed by atoms with van der Waals surface area (Å²) in [7, 11) is 0. The largest absolute Gasteiger partial charge is 0.416 e. The first-order valence-electron chi connectivity index (χ1n) is 6.72. The smallest absolute Gasteiger partial charge is 0.352 e. The van der Waals surface area contributed by atoms with Crippen molar-refractivity contribution in [3.8, 4) is 0 Å². The summed E-state index contributed by atoms with van der Waals surface area (Å²) in [5, 5.41) is 1.76. The van der Waals surface area contributed by atoms with Crippen molar-refractivity contribution >= 4 is 17.8 Å². The molecule has 3 nitrogen and oxygen atoms in total. The highest BCUT2D eigenvalue weighted by molar-refractivity contribution is 7.99. The Morgan fingerprint density at radius 3 is 2.39 bits per heavy atom. The molecule has 1 unspecified atom stereocenters. The van der Waals surface area contributed by atoms with Crippen molar-refractivity contribution in [1.82, 2.24) is 5.32 Å². The quantitative estimate of drug-likeness (QED) is 0.637. The van der Waals surface area contributed by atoms with Gasteiger partial charge in [-0.15, -0.1) is 0 Å². The summed E-state index contributed by atoms with van der Waals surface area (Å²) in [6.07, 6.45) is -4.44. The number of alkyl halides is 3. The Kier molecular flexibility index (Phi) is 5.20. The van der Waals surface area contributed by atoms with Gasteiger partial charge in [0.1, 0.15) is 5.37 Å². The number of carbonyl (C=O) groups excluding carboxylic acids is 1. The fraction of sp³-hybridized carbons (Fsp3) is 0.188. The molecule has 0 aliphatic rings. The Hall–Kier alpha value is -2.15. The Labute approximate surface area is 136 Å². The number of halogens is 3. The van der Waals surface area contributed by atoms with Crippen molar-refractivity contribution in [3.63, 3.8) is 0 Å². The van der Waals surface area contributed by atoms with Crippen LogP contribution in [0.2, 0.25) is 0 Å². The molecule has 23 heavy (non-hydrogen) atoms. The lowest BCUT2D eigenvalue weighted by Gasteiger charge is -2.19. The van der Waals surface area contributed by atoms with Gasteiger partial charge in [-0.25, -0.2) is 4.79 Å². The SMILES string of the molecule is Cc1ccc(SC(NC(N)=O)c2cccc(C(F)(F)F)c2)cc1. The van der Waals surface area contributed by atoms with Gasteiger partial charge < -0.3 is 11.1 Å². The molecule has 2 rings (SSSR count). The summed E-state index contributed by atoms with van der Waals surface area (Å²) in [5.74, 6) is 0. The van der Waals surface area contributed by atoms with Crippen LogP contribution in [0.5, 0.6) is 0 Å². The molecule has 0 aromatic heterocycles. The van der Waals surface area contributed by atoms with Crippen LogP contribution in [-0.4, -0.2) is 6.03 Å². The van der Waals surface area contributed by atoms with Crippen molar-refractivity contribution in [2.45, 2.75) is 23.4 Å². The molecule has 0 heterocycles. The summed E-state index contributed by atoms with van der Waals surface area (Å²) in [4.78, 5) is 12.0. The third-order valence-electron chi connectivity index (χ3n) is 3.06. The van der Waals surface area contributed by atoms with E-state index in [1.54, 1.807) is 0 Å². The number of carbonyl (C=O) groups is 1. The van der Waals surface area contributed by atoms with E-state index in [-0.39, 0.29) is 0 Å². The van der Waals surface area contributed by atoms with Gasteiger partial charge in [0, 0.05) is 4.90 Å². The van der Waals surface area contributed by atoms with Crippen LogP contribution >= 0.6 is 11.8 Å². The lowest BCUT2D eigenvalue weighted by Crippen LogP contribution is -2.31. The van der Waals surface area contributed by atoms with Gasteiger partial charge in [-0.1, -0.05) is 41.6 Å². The molecule has 0 aliphatic carbocycles. The molecule has 1 atom stereocenters. The van der Waals surface area contributed by atoms with Gasteiger partial charge in [0.05, 0.1) is 5.56 Å². The number of urea groups is 1. The van der Waals surface area contributed by atoms with Gasteiger partial charge in [0.2, 0.25) is 0 Å². The molecular weight excluding hydrogens is 325 g/mol. The highest BCUT2D eigenvalue weighted by Gasteiger charge is 2.31. The van der Waals surface area contributed by atoms with Gasteiger partial charge >= 0.3 is 12.2 Å². The van der Waals surface area contributed by atoms with Gasteiger partial charge in [-0.2, -0.15) is 13.2 Å². The van der Waals surface area contributed by atoms with Crippen molar-refractivity contribution < 1.29 is 18.0 Å². The number of hydrogen-bond donors (Lipinski definition) is 2. The first-order valence-corrected chi connectivity index (χ1v) is 7.60. The van der Waals surface area contributed by atoms with Crippen LogP contribution in [-0.2, 0) is 6.18 Å². The molecular formula is C16H15F3N2OS. The van der Waals surface area contributed by atoms with E-state index in [2.05, 4.69) is 5.32 Å². The van der Waals surface area contributed by atoms with Gasteiger partial charge in [-0.3, -0.25) is 0 Å². The van der Waals surface area contributed by atoms with Gasteiger partial charge in [0.15, 0.2) is 0 Å². The molecule has 0 saturated heterocycles. The van der Waals surface area contributed by atoms with Crippen LogP contribution in [0.1, 0.15) is 22.1 Å². The van der Waals surface area contributed by atoms with Crippen LogP contribution in [0.3, 0.4) is 0 Å². The molecule has 122 valence electrons. The molecule has 0 saturated carbocycles. The zero-order valence-corrected chi connectivity index (χ0v) is 13.0. The molecule has 2 aromatic rings. The van der Waals surface area contributed by atoms with E-state index in [1.807, 2.05) is 31.2 Å². The van der Waals surface area contributed by atoms with E-state index in [1.165, 1.54) is 23.9 Å². The van der Waals surface area contributed by atoms with E-state index >= 15 is 0 Å². The lowest BCUT2D eigenvalue weighted by atomic mass is 10.1. The van der Waals surface area contributed by atoms with Crippen molar-refractivity contribution in [2.24, 2.45) is 5.73 Å².